The minimum atomic E-state index is -4.75. The number of pyridine rings is 1. The lowest BCUT2D eigenvalue weighted by Gasteiger charge is -2.17. The van der Waals surface area contributed by atoms with E-state index in [0.717, 1.165) is 11.1 Å². The second-order valence-corrected chi connectivity index (χ2v) is 6.13. The molecule has 2 aromatic carbocycles. The Morgan fingerprint density at radius 2 is 1.81 bits per heavy atom. The molecule has 0 saturated carbocycles. The van der Waals surface area contributed by atoms with Gasteiger partial charge in [-0.15, -0.1) is 13.2 Å². The van der Waals surface area contributed by atoms with Crippen molar-refractivity contribution in [1.82, 2.24) is 10.3 Å². The van der Waals surface area contributed by atoms with E-state index in [1.807, 2.05) is 37.3 Å². The maximum absolute atomic E-state index is 12.7. The summed E-state index contributed by atoms with van der Waals surface area (Å²) in [5.41, 5.74) is 2.91. The lowest BCUT2D eigenvalue weighted by molar-refractivity contribution is -0.274. The predicted molar refractivity (Wildman–Crippen MR) is 98.1 cm³/mol. The minimum absolute atomic E-state index is 0.110. The summed E-state index contributed by atoms with van der Waals surface area (Å²) < 4.78 is 42.4. The predicted octanol–water partition coefficient (Wildman–Crippen LogP) is 5.50. The number of nitrogens with zero attached hydrogens (tertiary/aromatic N) is 1. The summed E-state index contributed by atoms with van der Waals surface area (Å²) in [5.74, 6) is -0.240. The highest BCUT2D eigenvalue weighted by molar-refractivity contribution is 5.70. The molecule has 0 aliphatic rings. The van der Waals surface area contributed by atoms with Crippen LogP contribution in [-0.2, 0) is 6.54 Å². The van der Waals surface area contributed by atoms with Crippen molar-refractivity contribution in [2.45, 2.75) is 25.9 Å². The van der Waals surface area contributed by atoms with Crippen molar-refractivity contribution in [2.24, 2.45) is 0 Å². The smallest absolute Gasteiger partial charge is 0.405 e. The zero-order valence-corrected chi connectivity index (χ0v) is 14.7. The zero-order valence-electron chi connectivity index (χ0n) is 14.7. The van der Waals surface area contributed by atoms with Crippen molar-refractivity contribution < 1.29 is 17.9 Å². The van der Waals surface area contributed by atoms with Crippen molar-refractivity contribution >= 4 is 0 Å². The monoisotopic (exact) mass is 372 g/mol. The first-order valence-electron chi connectivity index (χ1n) is 8.50. The Balaban J connectivity index is 1.82. The summed E-state index contributed by atoms with van der Waals surface area (Å²) in [6, 6.07) is 18.1. The van der Waals surface area contributed by atoms with Crippen LogP contribution in [0.5, 0.6) is 5.75 Å². The summed E-state index contributed by atoms with van der Waals surface area (Å²) in [4.78, 5) is 3.99. The Kier molecular flexibility index (Phi) is 5.76. The van der Waals surface area contributed by atoms with Crippen LogP contribution >= 0.6 is 0 Å². The number of alkyl halides is 3. The first-order chi connectivity index (χ1) is 12.9. The molecule has 1 aromatic heterocycles. The molecular formula is C21H19F3N2O. The number of rotatable bonds is 6. The summed E-state index contributed by atoms with van der Waals surface area (Å²) in [6.45, 7) is 2.55. The number of ether oxygens (including phenoxy) is 1. The van der Waals surface area contributed by atoms with Crippen molar-refractivity contribution in [2.75, 3.05) is 0 Å². The molecule has 3 aromatic rings. The van der Waals surface area contributed by atoms with E-state index in [0.29, 0.717) is 17.7 Å². The van der Waals surface area contributed by atoms with E-state index in [2.05, 4.69) is 15.0 Å². The van der Waals surface area contributed by atoms with Gasteiger partial charge in [0.25, 0.3) is 0 Å². The summed E-state index contributed by atoms with van der Waals surface area (Å²) >= 11 is 0. The Bertz CT molecular complexity index is 868. The van der Waals surface area contributed by atoms with Gasteiger partial charge in [-0.3, -0.25) is 4.98 Å². The summed E-state index contributed by atoms with van der Waals surface area (Å²) in [7, 11) is 0. The van der Waals surface area contributed by atoms with Gasteiger partial charge in [0.1, 0.15) is 5.75 Å². The maximum atomic E-state index is 12.7. The largest absolute Gasteiger partial charge is 0.573 e. The highest BCUT2D eigenvalue weighted by Crippen LogP contribution is 2.34. The molecule has 1 unspecified atom stereocenters. The summed E-state index contributed by atoms with van der Waals surface area (Å²) in [5, 5.41) is 3.38. The lowest BCUT2D eigenvalue weighted by Crippen LogP contribution is -2.19. The molecule has 0 radical (unpaired) electrons. The Labute approximate surface area is 155 Å². The van der Waals surface area contributed by atoms with Crippen LogP contribution in [0.1, 0.15) is 24.1 Å². The van der Waals surface area contributed by atoms with E-state index in [1.165, 1.54) is 12.3 Å². The molecule has 1 atom stereocenters. The van der Waals surface area contributed by atoms with Gasteiger partial charge in [0.05, 0.1) is 0 Å². The van der Waals surface area contributed by atoms with Gasteiger partial charge >= 0.3 is 6.36 Å². The van der Waals surface area contributed by atoms with Crippen molar-refractivity contribution in [3.8, 4) is 16.9 Å². The van der Waals surface area contributed by atoms with E-state index in [-0.39, 0.29) is 11.8 Å². The van der Waals surface area contributed by atoms with Crippen LogP contribution in [-0.4, -0.2) is 11.3 Å². The van der Waals surface area contributed by atoms with E-state index in [4.69, 9.17) is 0 Å². The zero-order chi connectivity index (χ0) is 19.3. The fraction of sp³-hybridized carbons (Fsp3) is 0.190. The van der Waals surface area contributed by atoms with Crippen LogP contribution < -0.4 is 10.1 Å². The molecule has 140 valence electrons. The molecular weight excluding hydrogens is 353 g/mol. The van der Waals surface area contributed by atoms with Gasteiger partial charge in [0.2, 0.25) is 0 Å². The van der Waals surface area contributed by atoms with Gasteiger partial charge < -0.3 is 10.1 Å². The average Bonchev–Trinajstić information content (AvgIpc) is 2.67. The lowest BCUT2D eigenvalue weighted by atomic mass is 10.0. The maximum Gasteiger partial charge on any atom is 0.573 e. The van der Waals surface area contributed by atoms with Crippen molar-refractivity contribution in [3.05, 3.63) is 84.2 Å². The van der Waals surface area contributed by atoms with Gasteiger partial charge in [-0.05, 0) is 36.2 Å². The molecule has 0 saturated heterocycles. The van der Waals surface area contributed by atoms with Crippen molar-refractivity contribution in [3.63, 3.8) is 0 Å². The molecule has 0 amide bonds. The van der Waals surface area contributed by atoms with Crippen LogP contribution in [0, 0.1) is 0 Å². The van der Waals surface area contributed by atoms with E-state index >= 15 is 0 Å². The van der Waals surface area contributed by atoms with Crippen LogP contribution in [0.2, 0.25) is 0 Å². The molecule has 0 bridgehead atoms. The average molecular weight is 372 g/mol. The minimum Gasteiger partial charge on any atom is -0.405 e. The van der Waals surface area contributed by atoms with Gasteiger partial charge in [-0.1, -0.05) is 42.5 Å². The number of hydrogen-bond acceptors (Lipinski definition) is 3. The Morgan fingerprint density at radius 3 is 2.48 bits per heavy atom. The highest BCUT2D eigenvalue weighted by atomic mass is 19.4. The van der Waals surface area contributed by atoms with Crippen LogP contribution in [0.15, 0.2) is 73.1 Å². The highest BCUT2D eigenvalue weighted by Gasteiger charge is 2.32. The van der Waals surface area contributed by atoms with Gasteiger partial charge in [0, 0.05) is 36.1 Å². The summed E-state index contributed by atoms with van der Waals surface area (Å²) in [6.07, 6.45) is -1.67. The molecule has 3 nitrogen and oxygen atoms in total. The Hall–Kier alpha value is -2.86. The SMILES string of the molecule is CC(NCc1ccc(OC(F)(F)F)c(-c2cccnc2)c1)c1ccccc1. The molecule has 0 fully saturated rings. The van der Waals surface area contributed by atoms with Crippen molar-refractivity contribution in [1.29, 1.82) is 0 Å². The number of benzene rings is 2. The molecule has 27 heavy (non-hydrogen) atoms. The first kappa shape index (κ1) is 18.9. The number of hydrogen-bond donors (Lipinski definition) is 1. The number of halogens is 3. The molecule has 0 spiro atoms. The topological polar surface area (TPSA) is 34.1 Å². The fourth-order valence-corrected chi connectivity index (χ4v) is 2.78. The second-order valence-electron chi connectivity index (χ2n) is 6.13. The van der Waals surface area contributed by atoms with Gasteiger partial charge in [-0.2, -0.15) is 0 Å². The van der Waals surface area contributed by atoms with E-state index < -0.39 is 6.36 Å². The molecule has 0 aliphatic carbocycles. The quantitative estimate of drug-likeness (QED) is 0.621. The van der Waals surface area contributed by atoms with Crippen LogP contribution in [0.25, 0.3) is 11.1 Å². The fourth-order valence-electron chi connectivity index (χ4n) is 2.78. The van der Waals surface area contributed by atoms with Gasteiger partial charge in [0.15, 0.2) is 0 Å². The van der Waals surface area contributed by atoms with E-state index in [1.54, 1.807) is 30.5 Å². The normalized spacial score (nSPS) is 12.6. The molecule has 3 rings (SSSR count). The molecule has 6 heteroatoms. The Morgan fingerprint density at radius 1 is 1.04 bits per heavy atom. The standard InChI is InChI=1S/C21H19F3N2O/c1-15(17-6-3-2-4-7-17)26-13-16-9-10-20(27-21(22,23)24)19(12-16)18-8-5-11-25-14-18/h2-12,14-15,26H,13H2,1H3. The third-order valence-corrected chi connectivity index (χ3v) is 4.15. The number of nitrogens with one attached hydrogen (secondary N) is 1. The molecule has 1 N–H and O–H groups in total. The third kappa shape index (κ3) is 5.31. The van der Waals surface area contributed by atoms with E-state index in [9.17, 15) is 13.2 Å². The third-order valence-electron chi connectivity index (χ3n) is 4.15. The molecule has 0 aliphatic heterocycles. The number of aromatic nitrogens is 1. The molecule has 1 heterocycles. The second kappa shape index (κ2) is 8.22. The van der Waals surface area contributed by atoms with Crippen LogP contribution in [0.3, 0.4) is 0 Å². The first-order valence-corrected chi connectivity index (χ1v) is 8.50. The van der Waals surface area contributed by atoms with Gasteiger partial charge in [-0.25, -0.2) is 0 Å². The van der Waals surface area contributed by atoms with Crippen LogP contribution in [0.4, 0.5) is 13.2 Å².